The summed E-state index contributed by atoms with van der Waals surface area (Å²) in [4.78, 5) is 40.8. The molecule has 50 heavy (non-hydrogen) atoms. The molecule has 0 radical (unpaired) electrons. The van der Waals surface area contributed by atoms with Crippen LogP contribution in [0.25, 0.3) is 0 Å². The van der Waals surface area contributed by atoms with Crippen LogP contribution in [0.1, 0.15) is 63.8 Å². The predicted octanol–water partition coefficient (Wildman–Crippen LogP) is 2.92. The van der Waals surface area contributed by atoms with E-state index in [2.05, 4.69) is 17.2 Å². The van der Waals surface area contributed by atoms with E-state index in [0.717, 1.165) is 30.1 Å². The van der Waals surface area contributed by atoms with E-state index in [1.165, 1.54) is 34.9 Å². The van der Waals surface area contributed by atoms with Crippen LogP contribution in [-0.4, -0.2) is 58.7 Å². The number of aliphatic hydroxyl groups is 3. The number of anilines is 1. The van der Waals surface area contributed by atoms with Gasteiger partial charge in [-0.25, -0.2) is 0 Å². The van der Waals surface area contributed by atoms with E-state index in [1.54, 1.807) is 24.3 Å². The fourth-order valence-corrected chi connectivity index (χ4v) is 7.00. The highest BCUT2D eigenvalue weighted by atomic mass is 32.2. The van der Waals surface area contributed by atoms with Gasteiger partial charge in [-0.15, -0.1) is 11.8 Å². The maximum absolute atomic E-state index is 14.0. The first kappa shape index (κ1) is 36.2. The van der Waals surface area contributed by atoms with E-state index in [4.69, 9.17) is 10.5 Å². The van der Waals surface area contributed by atoms with Crippen molar-refractivity contribution in [2.24, 2.45) is 5.73 Å². The molecule has 3 amide bonds. The van der Waals surface area contributed by atoms with Gasteiger partial charge in [-0.05, 0) is 78.6 Å². The van der Waals surface area contributed by atoms with Crippen LogP contribution < -0.4 is 20.7 Å². The van der Waals surface area contributed by atoms with Crippen molar-refractivity contribution in [1.29, 1.82) is 0 Å². The number of carbonyl (C=O) groups is 3. The van der Waals surface area contributed by atoms with Crippen molar-refractivity contribution < 1.29 is 34.4 Å². The third kappa shape index (κ3) is 7.88. The SMILES string of the molecule is BC(O)(c1ccc(CC)c(OCC)c1)C(O)(O)NC(=O)C[C@H]1S[C@@H](c2ccc(C#Cc3ccccc3)cc2)N(c2cccc(C(N)=O)c2)C1=O. The highest BCUT2D eigenvalue weighted by Gasteiger charge is 2.49. The van der Waals surface area contributed by atoms with E-state index in [9.17, 15) is 29.7 Å². The summed E-state index contributed by atoms with van der Waals surface area (Å²) in [5.41, 5.74) is 7.12. The van der Waals surface area contributed by atoms with Crippen molar-refractivity contribution in [2.75, 3.05) is 11.5 Å². The van der Waals surface area contributed by atoms with Crippen LogP contribution in [0.4, 0.5) is 5.69 Å². The highest BCUT2D eigenvalue weighted by molar-refractivity contribution is 8.01. The number of nitrogens with two attached hydrogens (primary N) is 1. The summed E-state index contributed by atoms with van der Waals surface area (Å²) in [5.74, 6) is 1.64. The first-order valence-electron chi connectivity index (χ1n) is 16.1. The Hall–Kier alpha value is -5.06. The van der Waals surface area contributed by atoms with Gasteiger partial charge in [0.05, 0.1) is 11.9 Å². The van der Waals surface area contributed by atoms with Gasteiger partial charge >= 0.3 is 0 Å². The number of amides is 3. The monoisotopic (exact) mass is 691 g/mol. The molecular formula is C38H38BN3O7S. The van der Waals surface area contributed by atoms with Crippen LogP contribution in [0, 0.1) is 11.8 Å². The van der Waals surface area contributed by atoms with Crippen LogP contribution in [0.3, 0.4) is 0 Å². The normalized spacial score (nSPS) is 17.0. The number of hydrogen-bond donors (Lipinski definition) is 5. The minimum absolute atomic E-state index is 0.104. The molecule has 5 rings (SSSR count). The van der Waals surface area contributed by atoms with E-state index in [-0.39, 0.29) is 11.1 Å². The number of nitrogens with zero attached hydrogens (tertiary/aromatic N) is 1. The van der Waals surface area contributed by atoms with Crippen molar-refractivity contribution in [3.05, 3.63) is 130 Å². The molecule has 1 unspecified atom stereocenters. The molecule has 256 valence electrons. The van der Waals surface area contributed by atoms with Crippen molar-refractivity contribution in [2.45, 2.75) is 48.7 Å². The van der Waals surface area contributed by atoms with E-state index in [0.29, 0.717) is 24.5 Å². The van der Waals surface area contributed by atoms with Gasteiger partial charge in [-0.2, -0.15) is 0 Å². The molecule has 0 spiro atoms. The zero-order valence-electron chi connectivity index (χ0n) is 27.9. The third-order valence-electron chi connectivity index (χ3n) is 8.44. The number of carbonyl (C=O) groups excluding carboxylic acids is 3. The Bertz CT molecular complexity index is 1940. The van der Waals surface area contributed by atoms with Gasteiger partial charge in [0.25, 0.3) is 5.91 Å². The molecule has 4 aromatic carbocycles. The molecule has 0 aromatic heterocycles. The maximum Gasteiger partial charge on any atom is 0.272 e. The zero-order chi connectivity index (χ0) is 36.1. The van der Waals surface area contributed by atoms with Gasteiger partial charge in [-0.3, -0.25) is 19.3 Å². The summed E-state index contributed by atoms with van der Waals surface area (Å²) in [6.45, 7) is 4.12. The lowest BCUT2D eigenvalue weighted by Crippen LogP contribution is -2.63. The Kier molecular flexibility index (Phi) is 11.0. The number of aryl methyl sites for hydroxylation is 1. The standard InChI is InChI=1S/C38H38BN3O7S/c1-3-26-19-20-29(22-31(26)49-4-2)37(39,46)38(47,48)41-33(43)23-32-35(45)42(30-12-8-11-28(21-30)34(40)44)36(50-32)27-17-15-25(16-18-27)14-13-24-9-6-5-7-10-24/h5-12,15-22,32,36,46-48H,3-4,23,39H2,1-2H3,(H2,40,44)(H,41,43)/t32-,36+,37?/m1/s1. The summed E-state index contributed by atoms with van der Waals surface area (Å²) < 4.78 is 5.67. The van der Waals surface area contributed by atoms with Gasteiger partial charge in [-0.1, -0.05) is 67.3 Å². The molecule has 6 N–H and O–H groups in total. The molecule has 0 aliphatic carbocycles. The molecule has 1 fully saturated rings. The van der Waals surface area contributed by atoms with Crippen LogP contribution in [0.2, 0.25) is 0 Å². The van der Waals surface area contributed by atoms with Crippen molar-refractivity contribution in [3.8, 4) is 17.6 Å². The van der Waals surface area contributed by atoms with E-state index < -0.39 is 46.2 Å². The van der Waals surface area contributed by atoms with Crippen LogP contribution in [0.15, 0.2) is 97.1 Å². The van der Waals surface area contributed by atoms with E-state index >= 15 is 0 Å². The Morgan fingerprint density at radius 3 is 2.26 bits per heavy atom. The van der Waals surface area contributed by atoms with Gasteiger partial charge < -0.3 is 31.1 Å². The molecule has 1 aliphatic rings. The second kappa shape index (κ2) is 15.2. The maximum atomic E-state index is 14.0. The quantitative estimate of drug-likeness (QED) is 0.0912. The van der Waals surface area contributed by atoms with Crippen molar-refractivity contribution >= 4 is 43.0 Å². The summed E-state index contributed by atoms with van der Waals surface area (Å²) in [6, 6.07) is 28.0. The van der Waals surface area contributed by atoms with Gasteiger partial charge in [0, 0.05) is 28.8 Å². The molecule has 4 aromatic rings. The predicted molar refractivity (Wildman–Crippen MR) is 195 cm³/mol. The minimum atomic E-state index is -3.11. The summed E-state index contributed by atoms with van der Waals surface area (Å²) in [5, 5.41) is 33.9. The van der Waals surface area contributed by atoms with Crippen molar-refractivity contribution in [3.63, 3.8) is 0 Å². The molecule has 1 heterocycles. The van der Waals surface area contributed by atoms with E-state index in [1.807, 2.05) is 68.4 Å². The number of nitrogens with one attached hydrogen (secondary N) is 1. The van der Waals surface area contributed by atoms with Gasteiger partial charge in [0.1, 0.15) is 16.6 Å². The molecule has 1 saturated heterocycles. The number of thioether (sulfide) groups is 1. The molecular weight excluding hydrogens is 653 g/mol. The molecule has 1 aliphatic heterocycles. The number of primary amides is 1. The lowest BCUT2D eigenvalue weighted by atomic mass is 9.72. The first-order valence-corrected chi connectivity index (χ1v) is 17.1. The Morgan fingerprint density at radius 1 is 0.940 bits per heavy atom. The van der Waals surface area contributed by atoms with Gasteiger partial charge in [0.15, 0.2) is 7.85 Å². The summed E-state index contributed by atoms with van der Waals surface area (Å²) in [6.07, 6.45) is 0.215. The van der Waals surface area contributed by atoms with Crippen molar-refractivity contribution in [1.82, 2.24) is 5.32 Å². The van der Waals surface area contributed by atoms with Crippen LogP contribution >= 0.6 is 11.8 Å². The third-order valence-corrected chi connectivity index (χ3v) is 9.88. The second-order valence-corrected chi connectivity index (χ2v) is 13.2. The largest absolute Gasteiger partial charge is 0.494 e. The molecule has 10 nitrogen and oxygen atoms in total. The smallest absolute Gasteiger partial charge is 0.272 e. The summed E-state index contributed by atoms with van der Waals surface area (Å²) >= 11 is 1.20. The lowest BCUT2D eigenvalue weighted by Gasteiger charge is -2.38. The number of benzene rings is 4. The average Bonchev–Trinajstić information content (AvgIpc) is 3.42. The number of rotatable bonds is 11. The molecule has 0 saturated carbocycles. The Labute approximate surface area is 296 Å². The van der Waals surface area contributed by atoms with Crippen LogP contribution in [-0.2, 0) is 21.5 Å². The highest BCUT2D eigenvalue weighted by Crippen LogP contribution is 2.47. The average molecular weight is 692 g/mol. The summed E-state index contributed by atoms with van der Waals surface area (Å²) in [7, 11) is 1.16. The molecule has 3 atom stereocenters. The number of hydrogen-bond acceptors (Lipinski definition) is 8. The number of ether oxygens (including phenoxy) is 1. The Balaban J connectivity index is 1.38. The molecule has 0 bridgehead atoms. The Morgan fingerprint density at radius 2 is 1.62 bits per heavy atom. The lowest BCUT2D eigenvalue weighted by molar-refractivity contribution is -0.264. The molecule has 12 heteroatoms. The fraction of sp³-hybridized carbons (Fsp3) is 0.237. The zero-order valence-corrected chi connectivity index (χ0v) is 28.7. The van der Waals surface area contributed by atoms with Gasteiger partial charge in [0.2, 0.25) is 17.7 Å². The second-order valence-electron chi connectivity index (χ2n) is 11.9. The minimum Gasteiger partial charge on any atom is -0.494 e. The topological polar surface area (TPSA) is 162 Å². The fourth-order valence-electron chi connectivity index (χ4n) is 5.55. The first-order chi connectivity index (χ1) is 23.8. The van der Waals surface area contributed by atoms with Crippen LogP contribution in [0.5, 0.6) is 5.75 Å².